The second-order valence-corrected chi connectivity index (χ2v) is 8.74. The van der Waals surface area contributed by atoms with Crippen LogP contribution in [-0.2, 0) is 4.79 Å². The van der Waals surface area contributed by atoms with E-state index in [0.717, 1.165) is 71.6 Å². The van der Waals surface area contributed by atoms with E-state index in [0.29, 0.717) is 5.91 Å². The number of carbonyl (C=O) groups excluding carboxylic acids is 1. The maximum absolute atomic E-state index is 12.7. The highest BCUT2D eigenvalue weighted by atomic mass is 32.2. The molecule has 0 aliphatic carbocycles. The lowest BCUT2D eigenvalue weighted by Gasteiger charge is -2.35. The lowest BCUT2D eigenvalue weighted by molar-refractivity contribution is -0.135. The van der Waals surface area contributed by atoms with E-state index in [1.807, 2.05) is 23.9 Å². The molecule has 4 rings (SSSR count). The Morgan fingerprint density at radius 2 is 1.96 bits per heavy atom. The highest BCUT2D eigenvalue weighted by molar-refractivity contribution is 7.99. The molecule has 0 spiro atoms. The zero-order valence-electron chi connectivity index (χ0n) is 14.4. The Morgan fingerprint density at radius 3 is 2.68 bits per heavy atom. The Labute approximate surface area is 156 Å². The first-order valence-electron chi connectivity index (χ1n) is 8.81. The van der Waals surface area contributed by atoms with Crippen LogP contribution in [0.3, 0.4) is 0 Å². The molecule has 3 heterocycles. The molecule has 1 amide bonds. The fraction of sp³-hybridized carbons (Fsp3) is 0.556. The minimum absolute atomic E-state index is 0.184. The van der Waals surface area contributed by atoms with Gasteiger partial charge in [0, 0.05) is 43.6 Å². The molecule has 0 radical (unpaired) electrons. The third kappa shape index (κ3) is 3.44. The van der Waals surface area contributed by atoms with Gasteiger partial charge in [-0.3, -0.25) is 4.79 Å². The van der Waals surface area contributed by atoms with Gasteiger partial charge in [-0.1, -0.05) is 17.4 Å². The maximum atomic E-state index is 12.7. The predicted octanol–water partition coefficient (Wildman–Crippen LogP) is 3.10. The summed E-state index contributed by atoms with van der Waals surface area (Å²) >= 11 is 3.65. The Kier molecular flexibility index (Phi) is 5.03. The van der Waals surface area contributed by atoms with Gasteiger partial charge in [0.2, 0.25) is 5.91 Å². The Bertz CT molecular complexity index is 750. The highest BCUT2D eigenvalue weighted by Gasteiger charge is 2.30. The number of para-hydroxylation sites is 1. The molecule has 2 aliphatic heterocycles. The SMILES string of the molecule is COc1cccc2sc(N3CCC(C(=O)N4CCSCC4)CC3)nc12. The Morgan fingerprint density at radius 1 is 1.20 bits per heavy atom. The van der Waals surface area contributed by atoms with E-state index >= 15 is 0 Å². The van der Waals surface area contributed by atoms with Crippen LogP contribution in [0, 0.1) is 5.92 Å². The molecule has 5 nitrogen and oxygen atoms in total. The molecular formula is C18H23N3O2S2. The van der Waals surface area contributed by atoms with Gasteiger partial charge >= 0.3 is 0 Å². The normalized spacial score (nSPS) is 19.4. The lowest BCUT2D eigenvalue weighted by atomic mass is 9.95. The van der Waals surface area contributed by atoms with Crippen molar-refractivity contribution in [2.75, 3.05) is 49.7 Å². The number of thioether (sulfide) groups is 1. The number of aromatic nitrogens is 1. The number of hydrogen-bond acceptors (Lipinski definition) is 6. The molecule has 0 N–H and O–H groups in total. The quantitative estimate of drug-likeness (QED) is 0.822. The van der Waals surface area contributed by atoms with Crippen molar-refractivity contribution in [2.24, 2.45) is 5.92 Å². The summed E-state index contributed by atoms with van der Waals surface area (Å²) < 4.78 is 6.57. The van der Waals surface area contributed by atoms with Gasteiger partial charge in [0.1, 0.15) is 11.3 Å². The van der Waals surface area contributed by atoms with E-state index < -0.39 is 0 Å². The van der Waals surface area contributed by atoms with Crippen LogP contribution in [-0.4, -0.2) is 60.6 Å². The first-order chi connectivity index (χ1) is 12.3. The number of anilines is 1. The molecule has 2 aromatic rings. The number of fused-ring (bicyclic) bond motifs is 1. The largest absolute Gasteiger partial charge is 0.494 e. The average molecular weight is 378 g/mol. The molecule has 7 heteroatoms. The van der Waals surface area contributed by atoms with Crippen molar-refractivity contribution in [1.29, 1.82) is 0 Å². The Balaban J connectivity index is 1.42. The number of piperidine rings is 1. The number of nitrogens with zero attached hydrogens (tertiary/aromatic N) is 3. The van der Waals surface area contributed by atoms with Crippen molar-refractivity contribution in [3.63, 3.8) is 0 Å². The summed E-state index contributed by atoms with van der Waals surface area (Å²) in [4.78, 5) is 21.9. The van der Waals surface area contributed by atoms with Crippen molar-refractivity contribution in [3.05, 3.63) is 18.2 Å². The average Bonchev–Trinajstić information content (AvgIpc) is 3.12. The van der Waals surface area contributed by atoms with Crippen molar-refractivity contribution in [3.8, 4) is 5.75 Å². The maximum Gasteiger partial charge on any atom is 0.225 e. The summed E-state index contributed by atoms with van der Waals surface area (Å²) in [7, 11) is 1.68. The van der Waals surface area contributed by atoms with Crippen LogP contribution in [0.4, 0.5) is 5.13 Å². The predicted molar refractivity (Wildman–Crippen MR) is 105 cm³/mol. The molecule has 0 bridgehead atoms. The van der Waals surface area contributed by atoms with Crippen LogP contribution in [0.2, 0.25) is 0 Å². The highest BCUT2D eigenvalue weighted by Crippen LogP contribution is 2.35. The number of thiazole rings is 1. The second kappa shape index (κ2) is 7.41. The van der Waals surface area contributed by atoms with Crippen molar-refractivity contribution < 1.29 is 9.53 Å². The van der Waals surface area contributed by atoms with Gasteiger partial charge in [-0.05, 0) is 25.0 Å². The van der Waals surface area contributed by atoms with Crippen molar-refractivity contribution in [2.45, 2.75) is 12.8 Å². The molecule has 1 aromatic carbocycles. The van der Waals surface area contributed by atoms with E-state index in [-0.39, 0.29) is 5.92 Å². The standard InChI is InChI=1S/C18H23N3O2S2/c1-23-14-3-2-4-15-16(14)19-18(25-15)21-7-5-13(6-8-21)17(22)20-9-11-24-12-10-20/h2-4,13H,5-12H2,1H3. The first kappa shape index (κ1) is 17.0. The number of benzene rings is 1. The number of rotatable bonds is 3. The van der Waals surface area contributed by atoms with E-state index in [9.17, 15) is 4.79 Å². The van der Waals surface area contributed by atoms with Gasteiger partial charge < -0.3 is 14.5 Å². The summed E-state index contributed by atoms with van der Waals surface area (Å²) in [5.74, 6) is 3.54. The van der Waals surface area contributed by atoms with Gasteiger partial charge in [-0.2, -0.15) is 11.8 Å². The van der Waals surface area contributed by atoms with Gasteiger partial charge in [0.25, 0.3) is 0 Å². The van der Waals surface area contributed by atoms with E-state index in [1.165, 1.54) is 0 Å². The summed E-state index contributed by atoms with van der Waals surface area (Å²) in [6, 6.07) is 6.04. The number of amides is 1. The zero-order chi connectivity index (χ0) is 17.2. The van der Waals surface area contributed by atoms with Gasteiger partial charge in [0.05, 0.1) is 11.8 Å². The summed E-state index contributed by atoms with van der Waals surface area (Å²) in [6.45, 7) is 3.64. The lowest BCUT2D eigenvalue weighted by Crippen LogP contribution is -2.45. The van der Waals surface area contributed by atoms with E-state index in [4.69, 9.17) is 9.72 Å². The van der Waals surface area contributed by atoms with Gasteiger partial charge in [0.15, 0.2) is 5.13 Å². The fourth-order valence-corrected chi connectivity index (χ4v) is 5.51. The molecule has 0 saturated carbocycles. The zero-order valence-corrected chi connectivity index (χ0v) is 16.1. The molecule has 0 unspecified atom stereocenters. The Hall–Kier alpha value is -1.47. The van der Waals surface area contributed by atoms with Crippen LogP contribution in [0.15, 0.2) is 18.2 Å². The van der Waals surface area contributed by atoms with Crippen molar-refractivity contribution in [1.82, 2.24) is 9.88 Å². The fourth-order valence-electron chi connectivity index (χ4n) is 3.57. The minimum atomic E-state index is 0.184. The third-order valence-electron chi connectivity index (χ3n) is 5.03. The summed E-state index contributed by atoms with van der Waals surface area (Å²) in [5, 5.41) is 1.04. The smallest absolute Gasteiger partial charge is 0.225 e. The molecule has 0 atom stereocenters. The van der Waals surface area contributed by atoms with Crippen LogP contribution < -0.4 is 9.64 Å². The van der Waals surface area contributed by atoms with Crippen LogP contribution in [0.5, 0.6) is 5.75 Å². The molecule has 2 fully saturated rings. The topological polar surface area (TPSA) is 45.7 Å². The first-order valence-corrected chi connectivity index (χ1v) is 10.8. The van der Waals surface area contributed by atoms with Gasteiger partial charge in [-0.25, -0.2) is 4.98 Å². The van der Waals surface area contributed by atoms with Crippen LogP contribution in [0.1, 0.15) is 12.8 Å². The van der Waals surface area contributed by atoms with E-state index in [1.54, 1.807) is 18.4 Å². The molecular weight excluding hydrogens is 354 g/mol. The third-order valence-corrected chi connectivity index (χ3v) is 7.05. The number of ether oxygens (including phenoxy) is 1. The molecule has 2 saturated heterocycles. The molecule has 2 aliphatic rings. The van der Waals surface area contributed by atoms with E-state index in [2.05, 4.69) is 15.9 Å². The number of methoxy groups -OCH3 is 1. The molecule has 1 aromatic heterocycles. The minimum Gasteiger partial charge on any atom is -0.494 e. The molecule has 134 valence electrons. The summed E-state index contributed by atoms with van der Waals surface area (Å²) in [6.07, 6.45) is 1.85. The van der Waals surface area contributed by atoms with Crippen LogP contribution >= 0.6 is 23.1 Å². The van der Waals surface area contributed by atoms with Crippen molar-refractivity contribution >= 4 is 44.4 Å². The second-order valence-electron chi connectivity index (χ2n) is 6.50. The molecule has 25 heavy (non-hydrogen) atoms. The number of carbonyl (C=O) groups is 1. The summed E-state index contributed by atoms with van der Waals surface area (Å²) in [5.41, 5.74) is 0.939. The number of hydrogen-bond donors (Lipinski definition) is 0. The van der Waals surface area contributed by atoms with Gasteiger partial charge in [-0.15, -0.1) is 0 Å². The van der Waals surface area contributed by atoms with Crippen LogP contribution in [0.25, 0.3) is 10.2 Å². The monoisotopic (exact) mass is 377 g/mol.